The van der Waals surface area contributed by atoms with Gasteiger partial charge in [-0.3, -0.25) is 9.20 Å². The van der Waals surface area contributed by atoms with Crippen molar-refractivity contribution in [2.24, 2.45) is 0 Å². The predicted octanol–water partition coefficient (Wildman–Crippen LogP) is 5.30. The minimum Gasteiger partial charge on any atom is -0.457 e. The zero-order chi connectivity index (χ0) is 22.8. The van der Waals surface area contributed by atoms with Gasteiger partial charge < -0.3 is 15.4 Å². The van der Waals surface area contributed by atoms with Crippen molar-refractivity contribution < 1.29 is 9.53 Å². The van der Waals surface area contributed by atoms with Crippen molar-refractivity contribution in [1.82, 2.24) is 19.3 Å². The number of para-hydroxylation sites is 1. The fourth-order valence-electron chi connectivity index (χ4n) is 4.40. The molecule has 1 atom stereocenters. The molecule has 34 heavy (non-hydrogen) atoms. The Morgan fingerprint density at radius 2 is 1.85 bits per heavy atom. The van der Waals surface area contributed by atoms with E-state index in [-0.39, 0.29) is 19.3 Å². The SMILES string of the molecule is C.C=CC(=O)N1CCCC(c2nc(-c3ccc(Oc4ccccc4)cc3)c3c(N)nccn23)C1. The van der Waals surface area contributed by atoms with E-state index in [9.17, 15) is 4.79 Å². The zero-order valence-corrected chi connectivity index (χ0v) is 18.2. The lowest BCUT2D eigenvalue weighted by Crippen LogP contribution is -2.38. The summed E-state index contributed by atoms with van der Waals surface area (Å²) >= 11 is 0. The number of nitrogens with zero attached hydrogens (tertiary/aromatic N) is 4. The van der Waals surface area contributed by atoms with Gasteiger partial charge in [0, 0.05) is 37.0 Å². The number of likely N-dealkylation sites (tertiary alicyclic amines) is 1. The maximum atomic E-state index is 12.2. The van der Waals surface area contributed by atoms with Crippen molar-refractivity contribution >= 4 is 17.2 Å². The quantitative estimate of drug-likeness (QED) is 0.413. The Morgan fingerprint density at radius 1 is 1.12 bits per heavy atom. The van der Waals surface area contributed by atoms with E-state index >= 15 is 0 Å². The van der Waals surface area contributed by atoms with Gasteiger partial charge in [0.1, 0.15) is 34.4 Å². The molecule has 0 saturated carbocycles. The lowest BCUT2D eigenvalue weighted by Gasteiger charge is -2.31. The first-order valence-electron chi connectivity index (χ1n) is 11.0. The second-order valence-electron chi connectivity index (χ2n) is 8.12. The molecule has 2 N–H and O–H groups in total. The van der Waals surface area contributed by atoms with Gasteiger partial charge >= 0.3 is 0 Å². The lowest BCUT2D eigenvalue weighted by atomic mass is 9.97. The van der Waals surface area contributed by atoms with Crippen LogP contribution in [0.4, 0.5) is 5.82 Å². The summed E-state index contributed by atoms with van der Waals surface area (Å²) < 4.78 is 7.93. The number of fused-ring (bicyclic) bond motifs is 1. The molecule has 1 fully saturated rings. The third kappa shape index (κ3) is 4.37. The van der Waals surface area contributed by atoms with Gasteiger partial charge in [0.25, 0.3) is 0 Å². The summed E-state index contributed by atoms with van der Waals surface area (Å²) in [6, 6.07) is 17.5. The Morgan fingerprint density at radius 3 is 2.59 bits per heavy atom. The summed E-state index contributed by atoms with van der Waals surface area (Å²) in [4.78, 5) is 23.3. The van der Waals surface area contributed by atoms with Crippen LogP contribution in [0.15, 0.2) is 79.6 Å². The molecular weight excluding hydrogens is 426 g/mol. The number of anilines is 1. The van der Waals surface area contributed by atoms with Gasteiger partial charge in [-0.05, 0) is 55.3 Å². The molecule has 1 amide bonds. The number of carbonyl (C=O) groups is 1. The number of carbonyl (C=O) groups excluding carboxylic acids is 1. The third-order valence-corrected chi connectivity index (χ3v) is 5.99. The Bertz CT molecular complexity index is 1300. The number of ether oxygens (including phenoxy) is 1. The van der Waals surface area contributed by atoms with Crippen LogP contribution in [0.2, 0.25) is 0 Å². The number of benzene rings is 2. The Labute approximate surface area is 199 Å². The molecular formula is C27H29N5O2. The van der Waals surface area contributed by atoms with Crippen LogP contribution >= 0.6 is 0 Å². The second kappa shape index (κ2) is 9.79. The number of nitrogens with two attached hydrogens (primary N) is 1. The van der Waals surface area contributed by atoms with E-state index in [0.717, 1.165) is 53.5 Å². The number of piperidine rings is 1. The molecule has 174 valence electrons. The highest BCUT2D eigenvalue weighted by Crippen LogP contribution is 2.34. The highest BCUT2D eigenvalue weighted by atomic mass is 16.5. The molecule has 7 nitrogen and oxygen atoms in total. The standard InChI is InChI=1S/C26H25N5O2.CH4/c1-2-22(32)30-15-6-7-19(17-30)26-29-23(24-25(27)28-14-16-31(24)26)18-10-12-21(13-11-18)33-20-8-4-3-5-9-20;/h2-5,8-14,16,19H,1,6-7,15,17H2,(H2,27,28);1H4. The largest absolute Gasteiger partial charge is 0.457 e. The molecule has 2 aromatic heterocycles. The molecule has 3 heterocycles. The average Bonchev–Trinajstić information content (AvgIpc) is 3.26. The van der Waals surface area contributed by atoms with Crippen molar-refractivity contribution in [3.8, 4) is 22.8 Å². The second-order valence-corrected chi connectivity index (χ2v) is 8.12. The van der Waals surface area contributed by atoms with Crippen molar-refractivity contribution in [1.29, 1.82) is 0 Å². The average molecular weight is 456 g/mol. The number of hydrogen-bond acceptors (Lipinski definition) is 5. The summed E-state index contributed by atoms with van der Waals surface area (Å²) in [5, 5.41) is 0. The normalized spacial score (nSPS) is 15.5. The maximum Gasteiger partial charge on any atom is 0.245 e. The molecule has 1 aliphatic rings. The van der Waals surface area contributed by atoms with E-state index in [1.165, 1.54) is 6.08 Å². The molecule has 5 rings (SSSR count). The first-order valence-corrected chi connectivity index (χ1v) is 11.0. The van der Waals surface area contributed by atoms with Crippen LogP contribution in [0.1, 0.15) is 32.0 Å². The first-order chi connectivity index (χ1) is 16.1. The molecule has 2 aromatic carbocycles. The van der Waals surface area contributed by atoms with Crippen LogP contribution in [0.5, 0.6) is 11.5 Å². The van der Waals surface area contributed by atoms with Crippen LogP contribution in [0.3, 0.4) is 0 Å². The summed E-state index contributed by atoms with van der Waals surface area (Å²) in [7, 11) is 0. The summed E-state index contributed by atoms with van der Waals surface area (Å²) in [6.07, 6.45) is 6.81. The third-order valence-electron chi connectivity index (χ3n) is 5.99. The van der Waals surface area contributed by atoms with E-state index in [4.69, 9.17) is 15.5 Å². The van der Waals surface area contributed by atoms with Crippen molar-refractivity contribution in [3.05, 3.63) is 85.5 Å². The summed E-state index contributed by atoms with van der Waals surface area (Å²) in [6.45, 7) is 4.97. The van der Waals surface area contributed by atoms with Crippen LogP contribution in [0.25, 0.3) is 16.8 Å². The predicted molar refractivity (Wildman–Crippen MR) is 135 cm³/mol. The van der Waals surface area contributed by atoms with Crippen molar-refractivity contribution in [2.75, 3.05) is 18.8 Å². The molecule has 1 aliphatic heterocycles. The molecule has 0 radical (unpaired) electrons. The van der Waals surface area contributed by atoms with E-state index in [1.54, 1.807) is 6.20 Å². The van der Waals surface area contributed by atoms with Gasteiger partial charge in [0.05, 0.1) is 0 Å². The molecule has 4 aromatic rings. The van der Waals surface area contributed by atoms with Gasteiger partial charge in [0.2, 0.25) is 5.91 Å². The zero-order valence-electron chi connectivity index (χ0n) is 18.2. The Kier molecular flexibility index (Phi) is 6.63. The number of amides is 1. The van der Waals surface area contributed by atoms with E-state index in [1.807, 2.05) is 70.1 Å². The minimum atomic E-state index is -0.0454. The van der Waals surface area contributed by atoms with Crippen LogP contribution in [-0.2, 0) is 4.79 Å². The van der Waals surface area contributed by atoms with Crippen molar-refractivity contribution in [2.45, 2.75) is 26.2 Å². The van der Waals surface area contributed by atoms with E-state index in [0.29, 0.717) is 12.4 Å². The van der Waals surface area contributed by atoms with Crippen molar-refractivity contribution in [3.63, 3.8) is 0 Å². The number of hydrogen-bond donors (Lipinski definition) is 1. The Hall–Kier alpha value is -4.13. The molecule has 0 bridgehead atoms. The van der Waals surface area contributed by atoms with Gasteiger partial charge in [-0.1, -0.05) is 32.2 Å². The summed E-state index contributed by atoms with van der Waals surface area (Å²) in [5.74, 6) is 2.89. The molecule has 0 aliphatic carbocycles. The molecule has 7 heteroatoms. The molecule has 1 saturated heterocycles. The van der Waals surface area contributed by atoms with Crippen LogP contribution in [0, 0.1) is 0 Å². The topological polar surface area (TPSA) is 85.8 Å². The fraction of sp³-hybridized carbons (Fsp3) is 0.222. The molecule has 0 spiro atoms. The van der Waals surface area contributed by atoms with Gasteiger partial charge in [-0.15, -0.1) is 0 Å². The van der Waals surface area contributed by atoms with E-state index < -0.39 is 0 Å². The highest BCUT2D eigenvalue weighted by molar-refractivity contribution is 5.87. The van der Waals surface area contributed by atoms with Crippen LogP contribution in [-0.4, -0.2) is 38.3 Å². The fourth-order valence-corrected chi connectivity index (χ4v) is 4.40. The number of aromatic nitrogens is 3. The molecule has 1 unspecified atom stereocenters. The number of nitrogen functional groups attached to an aromatic ring is 1. The summed E-state index contributed by atoms with van der Waals surface area (Å²) in [5.41, 5.74) is 8.76. The van der Waals surface area contributed by atoms with Crippen LogP contribution < -0.4 is 10.5 Å². The minimum absolute atomic E-state index is 0. The smallest absolute Gasteiger partial charge is 0.245 e. The maximum absolute atomic E-state index is 12.2. The highest BCUT2D eigenvalue weighted by Gasteiger charge is 2.28. The first kappa shape index (κ1) is 23.0. The van der Waals surface area contributed by atoms with Gasteiger partial charge in [-0.25, -0.2) is 9.97 Å². The Balaban J connectivity index is 0.00000274. The van der Waals surface area contributed by atoms with Gasteiger partial charge in [-0.2, -0.15) is 0 Å². The number of rotatable bonds is 5. The van der Waals surface area contributed by atoms with Gasteiger partial charge in [0.15, 0.2) is 0 Å². The van der Waals surface area contributed by atoms with E-state index in [2.05, 4.69) is 11.6 Å². The number of imidazole rings is 1. The lowest BCUT2D eigenvalue weighted by molar-refractivity contribution is -0.127. The monoisotopic (exact) mass is 455 g/mol.